The Morgan fingerprint density at radius 2 is 1.95 bits per heavy atom. The number of rotatable bonds is 2. The lowest BCUT2D eigenvalue weighted by Crippen LogP contribution is -2.37. The number of carbonyl (C=O) groups excluding carboxylic acids is 1. The highest BCUT2D eigenvalue weighted by atomic mass is 16.3. The first kappa shape index (κ1) is 13.7. The van der Waals surface area contributed by atoms with E-state index in [1.165, 1.54) is 17.4 Å². The molecule has 1 saturated carbocycles. The third kappa shape index (κ3) is 2.77. The third-order valence-corrected chi connectivity index (χ3v) is 4.14. The molecule has 0 atom stereocenters. The lowest BCUT2D eigenvalue weighted by molar-refractivity contribution is 0.192. The number of imidazole rings is 1. The molecule has 1 N–H and O–H groups in total. The monoisotopic (exact) mass is 285 g/mol. The number of carbonyl (C=O) groups is 1. The van der Waals surface area contributed by atoms with E-state index in [0.717, 1.165) is 24.1 Å². The SMILES string of the molecule is CN(C(=O)n1cnc(-c2ccc(O)cc2)c1)C1CCCC1. The first-order chi connectivity index (χ1) is 10.1. The molecule has 0 spiro atoms. The van der Waals surface area contributed by atoms with Gasteiger partial charge in [0.25, 0.3) is 0 Å². The Kier molecular flexibility index (Phi) is 3.64. The molecular weight excluding hydrogens is 266 g/mol. The average Bonchev–Trinajstić information content (AvgIpc) is 3.18. The van der Waals surface area contributed by atoms with Crippen molar-refractivity contribution >= 4 is 6.03 Å². The summed E-state index contributed by atoms with van der Waals surface area (Å²) in [7, 11) is 1.86. The average molecular weight is 285 g/mol. The predicted molar refractivity (Wildman–Crippen MR) is 80.1 cm³/mol. The largest absolute Gasteiger partial charge is 0.508 e. The van der Waals surface area contributed by atoms with Gasteiger partial charge < -0.3 is 10.0 Å². The Balaban J connectivity index is 1.77. The van der Waals surface area contributed by atoms with Gasteiger partial charge >= 0.3 is 6.03 Å². The van der Waals surface area contributed by atoms with E-state index in [1.807, 2.05) is 11.9 Å². The van der Waals surface area contributed by atoms with Crippen molar-refractivity contribution in [3.63, 3.8) is 0 Å². The van der Waals surface area contributed by atoms with Gasteiger partial charge in [-0.1, -0.05) is 12.8 Å². The van der Waals surface area contributed by atoms with Crippen LogP contribution in [0.3, 0.4) is 0 Å². The number of aromatic nitrogens is 2. The molecule has 5 nitrogen and oxygen atoms in total. The summed E-state index contributed by atoms with van der Waals surface area (Å²) in [5, 5.41) is 9.30. The summed E-state index contributed by atoms with van der Waals surface area (Å²) in [6.45, 7) is 0. The maximum atomic E-state index is 12.4. The number of phenols is 1. The van der Waals surface area contributed by atoms with Crippen molar-refractivity contribution in [2.45, 2.75) is 31.7 Å². The summed E-state index contributed by atoms with van der Waals surface area (Å²) in [6, 6.07) is 7.10. The number of nitrogens with zero attached hydrogens (tertiary/aromatic N) is 3. The fourth-order valence-corrected chi connectivity index (χ4v) is 2.84. The Morgan fingerprint density at radius 1 is 1.29 bits per heavy atom. The van der Waals surface area contributed by atoms with E-state index < -0.39 is 0 Å². The minimum Gasteiger partial charge on any atom is -0.508 e. The second kappa shape index (κ2) is 5.60. The van der Waals surface area contributed by atoms with Crippen LogP contribution in [0.5, 0.6) is 5.75 Å². The molecule has 1 amide bonds. The van der Waals surface area contributed by atoms with Gasteiger partial charge in [0.15, 0.2) is 0 Å². The smallest absolute Gasteiger partial charge is 0.329 e. The Hall–Kier alpha value is -2.30. The predicted octanol–water partition coefficient (Wildman–Crippen LogP) is 3.10. The zero-order valence-electron chi connectivity index (χ0n) is 12.1. The topological polar surface area (TPSA) is 58.4 Å². The standard InChI is InChI=1S/C16H19N3O2/c1-18(13-4-2-3-5-13)16(21)19-10-15(17-11-19)12-6-8-14(20)9-7-12/h6-11,13,20H,2-5H2,1H3. The van der Waals surface area contributed by atoms with Crippen LogP contribution in [0.25, 0.3) is 11.3 Å². The van der Waals surface area contributed by atoms with E-state index in [-0.39, 0.29) is 11.8 Å². The number of phenolic OH excluding ortho intramolecular Hbond substituents is 1. The minimum absolute atomic E-state index is 0.0422. The van der Waals surface area contributed by atoms with Crippen LogP contribution in [-0.4, -0.2) is 38.7 Å². The minimum atomic E-state index is -0.0422. The lowest BCUT2D eigenvalue weighted by Gasteiger charge is -2.23. The maximum absolute atomic E-state index is 12.4. The quantitative estimate of drug-likeness (QED) is 0.922. The third-order valence-electron chi connectivity index (χ3n) is 4.14. The van der Waals surface area contributed by atoms with Crippen LogP contribution in [0, 0.1) is 0 Å². The maximum Gasteiger partial charge on any atom is 0.329 e. The molecule has 1 fully saturated rings. The summed E-state index contributed by atoms with van der Waals surface area (Å²) in [5.41, 5.74) is 1.60. The van der Waals surface area contributed by atoms with Crippen molar-refractivity contribution in [1.82, 2.24) is 14.5 Å². The van der Waals surface area contributed by atoms with E-state index >= 15 is 0 Å². The van der Waals surface area contributed by atoms with E-state index in [2.05, 4.69) is 4.98 Å². The van der Waals surface area contributed by atoms with Crippen molar-refractivity contribution in [3.05, 3.63) is 36.8 Å². The van der Waals surface area contributed by atoms with Gasteiger partial charge in [0.05, 0.1) is 5.69 Å². The van der Waals surface area contributed by atoms with Gasteiger partial charge in [-0.3, -0.25) is 4.57 Å². The molecule has 1 aliphatic carbocycles. The number of aromatic hydroxyl groups is 1. The van der Waals surface area contributed by atoms with Crippen LogP contribution in [0.15, 0.2) is 36.8 Å². The van der Waals surface area contributed by atoms with E-state index in [1.54, 1.807) is 36.8 Å². The van der Waals surface area contributed by atoms with Crippen LogP contribution >= 0.6 is 0 Å². The number of benzene rings is 1. The molecule has 0 bridgehead atoms. The fourth-order valence-electron chi connectivity index (χ4n) is 2.84. The van der Waals surface area contributed by atoms with Gasteiger partial charge in [-0.25, -0.2) is 9.78 Å². The molecular formula is C16H19N3O2. The van der Waals surface area contributed by atoms with Gasteiger partial charge in [-0.2, -0.15) is 0 Å². The van der Waals surface area contributed by atoms with Crippen LogP contribution in [0.4, 0.5) is 4.79 Å². The highest BCUT2D eigenvalue weighted by Crippen LogP contribution is 2.24. The molecule has 1 aromatic carbocycles. The molecule has 1 heterocycles. The van der Waals surface area contributed by atoms with Gasteiger partial charge in [0, 0.05) is 24.8 Å². The summed E-state index contributed by atoms with van der Waals surface area (Å²) < 4.78 is 1.53. The molecule has 0 unspecified atom stereocenters. The zero-order valence-corrected chi connectivity index (χ0v) is 12.1. The summed E-state index contributed by atoms with van der Waals surface area (Å²) in [5.74, 6) is 0.218. The van der Waals surface area contributed by atoms with Crippen molar-refractivity contribution < 1.29 is 9.90 Å². The van der Waals surface area contributed by atoms with Gasteiger partial charge in [0.1, 0.15) is 12.1 Å². The highest BCUT2D eigenvalue weighted by molar-refractivity contribution is 5.78. The van der Waals surface area contributed by atoms with Gasteiger partial charge in [-0.15, -0.1) is 0 Å². The molecule has 21 heavy (non-hydrogen) atoms. The zero-order chi connectivity index (χ0) is 14.8. The first-order valence-electron chi connectivity index (χ1n) is 7.26. The summed E-state index contributed by atoms with van der Waals surface area (Å²) in [6.07, 6.45) is 7.86. The second-order valence-electron chi connectivity index (χ2n) is 5.54. The number of hydrogen-bond donors (Lipinski definition) is 1. The second-order valence-corrected chi connectivity index (χ2v) is 5.54. The molecule has 5 heteroatoms. The molecule has 0 saturated heterocycles. The normalized spacial score (nSPS) is 15.3. The summed E-state index contributed by atoms with van der Waals surface area (Å²) >= 11 is 0. The van der Waals surface area contributed by atoms with Crippen molar-refractivity contribution in [1.29, 1.82) is 0 Å². The molecule has 110 valence electrons. The molecule has 0 aliphatic heterocycles. The molecule has 0 radical (unpaired) electrons. The Bertz CT molecular complexity index is 627. The van der Waals surface area contributed by atoms with E-state index in [9.17, 15) is 9.90 Å². The van der Waals surface area contributed by atoms with Crippen molar-refractivity contribution in [2.24, 2.45) is 0 Å². The fraction of sp³-hybridized carbons (Fsp3) is 0.375. The summed E-state index contributed by atoms with van der Waals surface area (Å²) in [4.78, 5) is 18.5. The lowest BCUT2D eigenvalue weighted by atomic mass is 10.2. The number of hydrogen-bond acceptors (Lipinski definition) is 3. The number of amides is 1. The van der Waals surface area contributed by atoms with Crippen molar-refractivity contribution in [3.8, 4) is 17.0 Å². The van der Waals surface area contributed by atoms with Gasteiger partial charge in [0.2, 0.25) is 0 Å². The molecule has 2 aromatic rings. The van der Waals surface area contributed by atoms with Crippen LogP contribution in [-0.2, 0) is 0 Å². The Morgan fingerprint density at radius 3 is 2.62 bits per heavy atom. The van der Waals surface area contributed by atoms with Crippen LogP contribution < -0.4 is 0 Å². The Labute approximate surface area is 123 Å². The molecule has 3 rings (SSSR count). The van der Waals surface area contributed by atoms with Crippen LogP contribution in [0.2, 0.25) is 0 Å². The highest BCUT2D eigenvalue weighted by Gasteiger charge is 2.24. The van der Waals surface area contributed by atoms with E-state index in [0.29, 0.717) is 6.04 Å². The van der Waals surface area contributed by atoms with Gasteiger partial charge in [-0.05, 0) is 37.1 Å². The van der Waals surface area contributed by atoms with Crippen LogP contribution in [0.1, 0.15) is 25.7 Å². The molecule has 1 aromatic heterocycles. The van der Waals surface area contributed by atoms with E-state index in [4.69, 9.17) is 0 Å². The van der Waals surface area contributed by atoms with Crippen molar-refractivity contribution in [2.75, 3.05) is 7.05 Å². The molecule has 1 aliphatic rings. The first-order valence-corrected chi connectivity index (χ1v) is 7.26.